The molecule has 0 spiro atoms. The molecule has 0 unspecified atom stereocenters. The highest BCUT2D eigenvalue weighted by Gasteiger charge is 2.31. The molecule has 0 aliphatic carbocycles. The van der Waals surface area contributed by atoms with Gasteiger partial charge in [0, 0.05) is 85.5 Å². The summed E-state index contributed by atoms with van der Waals surface area (Å²) in [5, 5.41) is 8.56. The van der Waals surface area contributed by atoms with Crippen LogP contribution in [0.15, 0.2) is 36.8 Å². The summed E-state index contributed by atoms with van der Waals surface area (Å²) < 4.78 is 30.9. The number of rotatable bonds is 3. The Bertz CT molecular complexity index is 1460. The van der Waals surface area contributed by atoms with Gasteiger partial charge in [0.15, 0.2) is 5.82 Å². The predicted octanol–water partition coefficient (Wildman–Crippen LogP) is 4.89. The van der Waals surface area contributed by atoms with Crippen molar-refractivity contribution < 1.29 is 13.6 Å². The molecule has 6 rings (SSSR count). The van der Waals surface area contributed by atoms with Gasteiger partial charge in [-0.1, -0.05) is 0 Å². The number of pyridine rings is 1. The molecule has 0 saturated carbocycles. The van der Waals surface area contributed by atoms with Crippen molar-refractivity contribution >= 4 is 28.3 Å². The molecule has 1 aromatic carbocycles. The van der Waals surface area contributed by atoms with Crippen LogP contribution in [0.2, 0.25) is 0 Å². The average Bonchev–Trinajstić information content (AvgIpc) is 3.43. The Balaban J connectivity index is 1.48. The molecule has 2 aliphatic heterocycles. The monoisotopic (exact) mass is 476 g/mol. The lowest BCUT2D eigenvalue weighted by atomic mass is 9.91. The van der Waals surface area contributed by atoms with Gasteiger partial charge < -0.3 is 14.4 Å². The summed E-state index contributed by atoms with van der Waals surface area (Å²) in [6.45, 7) is 3.38. The Morgan fingerprint density at radius 1 is 1.17 bits per heavy atom. The van der Waals surface area contributed by atoms with E-state index in [4.69, 9.17) is 0 Å². The van der Waals surface area contributed by atoms with E-state index in [1.807, 2.05) is 34.8 Å². The fourth-order valence-electron chi connectivity index (χ4n) is 5.50. The largest absolute Gasteiger partial charge is 0.350 e. The molecule has 35 heavy (non-hydrogen) atoms. The van der Waals surface area contributed by atoms with Gasteiger partial charge in [0.05, 0.1) is 12.1 Å². The lowest BCUT2D eigenvalue weighted by molar-refractivity contribution is -0.129. The molecule has 0 radical (unpaired) electrons. The number of H-pyrrole nitrogens is 1. The Hall–Kier alpha value is -3.75. The molecular weight excluding hydrogens is 450 g/mol. The van der Waals surface area contributed by atoms with Crippen molar-refractivity contribution in [3.63, 3.8) is 0 Å². The van der Waals surface area contributed by atoms with Crippen molar-refractivity contribution in [3.8, 4) is 11.1 Å². The van der Waals surface area contributed by atoms with Crippen LogP contribution >= 0.6 is 0 Å². The van der Waals surface area contributed by atoms with Gasteiger partial charge in [0.1, 0.15) is 0 Å². The van der Waals surface area contributed by atoms with E-state index in [2.05, 4.69) is 15.2 Å². The molecule has 7 nitrogen and oxygen atoms in total. The maximum atomic E-state index is 14.5. The van der Waals surface area contributed by atoms with E-state index in [1.54, 1.807) is 30.3 Å². The van der Waals surface area contributed by atoms with Gasteiger partial charge in [-0.05, 0) is 42.2 Å². The minimum Gasteiger partial charge on any atom is -0.350 e. The number of halogens is 2. The summed E-state index contributed by atoms with van der Waals surface area (Å²) in [5.74, 6) is 0.755. The van der Waals surface area contributed by atoms with Crippen LogP contribution < -0.4 is 4.90 Å². The quantitative estimate of drug-likeness (QED) is 0.457. The van der Waals surface area contributed by atoms with E-state index in [9.17, 15) is 13.6 Å². The fourth-order valence-corrected chi connectivity index (χ4v) is 5.50. The molecular formula is C26H26F2N6O. The summed E-state index contributed by atoms with van der Waals surface area (Å²) in [6, 6.07) is 5.45. The van der Waals surface area contributed by atoms with E-state index in [0.29, 0.717) is 31.6 Å². The van der Waals surface area contributed by atoms with Crippen molar-refractivity contribution in [2.45, 2.75) is 39.2 Å². The van der Waals surface area contributed by atoms with Gasteiger partial charge in [0.25, 0.3) is 6.43 Å². The highest BCUT2D eigenvalue weighted by molar-refractivity contribution is 5.97. The number of fused-ring (bicyclic) bond motifs is 3. The second-order valence-electron chi connectivity index (χ2n) is 9.37. The molecule has 0 bridgehead atoms. The van der Waals surface area contributed by atoms with Crippen LogP contribution in [-0.2, 0) is 31.2 Å². The maximum absolute atomic E-state index is 14.5. The summed E-state index contributed by atoms with van der Waals surface area (Å²) in [7, 11) is 1.92. The number of hydrogen-bond acceptors (Lipinski definition) is 4. The molecule has 1 N–H and O–H groups in total. The van der Waals surface area contributed by atoms with Gasteiger partial charge in [-0.15, -0.1) is 0 Å². The minimum absolute atomic E-state index is 0.00164. The Kier molecular flexibility index (Phi) is 5.09. The van der Waals surface area contributed by atoms with Gasteiger partial charge >= 0.3 is 0 Å². The van der Waals surface area contributed by atoms with Crippen LogP contribution in [0.4, 0.5) is 20.3 Å². The van der Waals surface area contributed by atoms with Gasteiger partial charge in [0.2, 0.25) is 5.91 Å². The maximum Gasteiger partial charge on any atom is 0.264 e. The highest BCUT2D eigenvalue weighted by atomic mass is 19.3. The summed E-state index contributed by atoms with van der Waals surface area (Å²) >= 11 is 0. The molecule has 9 heteroatoms. The summed E-state index contributed by atoms with van der Waals surface area (Å²) in [4.78, 5) is 20.1. The number of aromatic amines is 1. The number of carbonyl (C=O) groups is 1. The molecule has 5 heterocycles. The van der Waals surface area contributed by atoms with Crippen LogP contribution in [0.25, 0.3) is 22.0 Å². The first kappa shape index (κ1) is 21.8. The smallest absolute Gasteiger partial charge is 0.264 e. The summed E-state index contributed by atoms with van der Waals surface area (Å²) in [6.07, 6.45) is 5.12. The number of alkyl halides is 2. The first-order valence-corrected chi connectivity index (χ1v) is 11.9. The Morgan fingerprint density at radius 3 is 2.83 bits per heavy atom. The number of carbonyl (C=O) groups excluding carboxylic acids is 1. The zero-order valence-electron chi connectivity index (χ0n) is 19.7. The van der Waals surface area contributed by atoms with Crippen LogP contribution in [-0.4, -0.2) is 43.6 Å². The van der Waals surface area contributed by atoms with Crippen molar-refractivity contribution in [2.24, 2.45) is 7.05 Å². The molecule has 0 fully saturated rings. The molecule has 180 valence electrons. The Morgan fingerprint density at radius 2 is 2.03 bits per heavy atom. The number of aromatic nitrogens is 4. The van der Waals surface area contributed by atoms with E-state index in [0.717, 1.165) is 57.6 Å². The zero-order valence-corrected chi connectivity index (χ0v) is 19.7. The second kappa shape index (κ2) is 8.18. The van der Waals surface area contributed by atoms with E-state index >= 15 is 0 Å². The lowest BCUT2D eigenvalue weighted by Crippen LogP contribution is -2.35. The number of aryl methyl sites for hydroxylation is 2. The third-order valence-electron chi connectivity index (χ3n) is 7.30. The fraction of sp³-hybridized carbons (Fsp3) is 0.346. The van der Waals surface area contributed by atoms with Gasteiger partial charge in [-0.3, -0.25) is 14.9 Å². The number of anilines is 2. The standard InChI is InChI=1S/C26H26F2N6O/c1-15(35)33-9-6-22-21(14-33)26(31-30-22)34-8-3-4-16-10-17(18(25(27)28)11-24(16)34)20-13-32(2)23-5-7-29-12-19(20)23/h5,7,10-13,25H,3-4,6,8-9,14H2,1-2H3,(H,30,31). The Labute approximate surface area is 201 Å². The number of nitrogens with zero attached hydrogens (tertiary/aromatic N) is 5. The number of hydrogen-bond donors (Lipinski definition) is 1. The highest BCUT2D eigenvalue weighted by Crippen LogP contribution is 2.44. The third-order valence-corrected chi connectivity index (χ3v) is 7.30. The topological polar surface area (TPSA) is 70.1 Å². The summed E-state index contributed by atoms with van der Waals surface area (Å²) in [5.41, 5.74) is 6.04. The predicted molar refractivity (Wildman–Crippen MR) is 130 cm³/mol. The second-order valence-corrected chi connectivity index (χ2v) is 9.37. The minimum atomic E-state index is -2.63. The number of benzene rings is 1. The average molecular weight is 477 g/mol. The molecule has 3 aromatic heterocycles. The third kappa shape index (κ3) is 3.48. The number of amides is 1. The molecule has 2 aliphatic rings. The van der Waals surface area contributed by atoms with Crippen molar-refractivity contribution in [2.75, 3.05) is 18.0 Å². The van der Waals surface area contributed by atoms with Crippen molar-refractivity contribution in [1.82, 2.24) is 24.6 Å². The van der Waals surface area contributed by atoms with E-state index in [1.165, 1.54) is 0 Å². The van der Waals surface area contributed by atoms with E-state index in [-0.39, 0.29) is 11.5 Å². The normalized spacial score (nSPS) is 15.6. The van der Waals surface area contributed by atoms with Crippen LogP contribution in [0.3, 0.4) is 0 Å². The van der Waals surface area contributed by atoms with Crippen LogP contribution in [0.5, 0.6) is 0 Å². The van der Waals surface area contributed by atoms with E-state index < -0.39 is 6.43 Å². The molecule has 0 saturated heterocycles. The van der Waals surface area contributed by atoms with Crippen molar-refractivity contribution in [1.29, 1.82) is 0 Å². The van der Waals surface area contributed by atoms with Crippen LogP contribution in [0, 0.1) is 0 Å². The van der Waals surface area contributed by atoms with Gasteiger partial charge in [-0.25, -0.2) is 8.78 Å². The molecule has 0 atom stereocenters. The lowest BCUT2D eigenvalue weighted by Gasteiger charge is -2.33. The molecule has 4 aromatic rings. The number of nitrogens with one attached hydrogen (secondary N) is 1. The first-order valence-electron chi connectivity index (χ1n) is 11.9. The van der Waals surface area contributed by atoms with Gasteiger partial charge in [-0.2, -0.15) is 5.10 Å². The first-order chi connectivity index (χ1) is 16.9. The molecule has 1 amide bonds. The van der Waals surface area contributed by atoms with Crippen molar-refractivity contribution in [3.05, 3.63) is 59.2 Å². The van der Waals surface area contributed by atoms with Crippen LogP contribution in [0.1, 0.15) is 42.2 Å². The zero-order chi connectivity index (χ0) is 24.3. The SMILES string of the molecule is CC(=O)N1CCc2[nH]nc(N3CCCc4cc(-c5cn(C)c6ccncc56)c(C(F)F)cc43)c2C1.